The monoisotopic (exact) mass is 274 g/mol. The number of hydrogen-bond acceptors (Lipinski definition) is 4. The Morgan fingerprint density at radius 1 is 1.12 bits per heavy atom. The zero-order valence-corrected chi connectivity index (χ0v) is 11.0. The average Bonchev–Trinajstić information content (AvgIpc) is 2.54. The van der Waals surface area contributed by atoms with Gasteiger partial charge < -0.3 is 0 Å². The van der Waals surface area contributed by atoms with Crippen molar-refractivity contribution in [2.75, 3.05) is 11.5 Å². The maximum absolute atomic E-state index is 12.3. The molecular formula is C11H14O4S2. The van der Waals surface area contributed by atoms with Crippen LogP contribution >= 0.6 is 0 Å². The van der Waals surface area contributed by atoms with E-state index in [2.05, 4.69) is 0 Å². The molecule has 0 saturated carbocycles. The minimum absolute atomic E-state index is 0.0380. The van der Waals surface area contributed by atoms with Gasteiger partial charge in [-0.25, -0.2) is 16.8 Å². The molecule has 0 bridgehead atoms. The first-order valence-electron chi connectivity index (χ1n) is 5.32. The van der Waals surface area contributed by atoms with Crippen molar-refractivity contribution in [2.24, 2.45) is 5.92 Å². The molecule has 2 atom stereocenters. The lowest BCUT2D eigenvalue weighted by atomic mass is 10.2. The van der Waals surface area contributed by atoms with Gasteiger partial charge in [0.1, 0.15) is 0 Å². The smallest absolute Gasteiger partial charge is 0.182 e. The summed E-state index contributed by atoms with van der Waals surface area (Å²) >= 11 is 0. The van der Waals surface area contributed by atoms with E-state index in [4.69, 9.17) is 0 Å². The standard InChI is InChI=1S/C11H14O4S2/c1-9-7-16(12,13)8-11(9)17(14,15)10-5-3-2-4-6-10/h2-6,9,11H,7-8H2,1H3/t9-,11-/m0/s1. The molecule has 1 saturated heterocycles. The molecule has 0 amide bonds. The number of hydrogen-bond donors (Lipinski definition) is 0. The summed E-state index contributed by atoms with van der Waals surface area (Å²) in [6, 6.07) is 8.02. The fraction of sp³-hybridized carbons (Fsp3) is 0.455. The van der Waals surface area contributed by atoms with Crippen LogP contribution in [-0.4, -0.2) is 33.6 Å². The van der Waals surface area contributed by atoms with Crippen LogP contribution in [0.4, 0.5) is 0 Å². The summed E-state index contributed by atoms with van der Waals surface area (Å²) in [6.07, 6.45) is 0. The molecule has 0 unspecified atom stereocenters. The minimum atomic E-state index is -3.54. The molecule has 0 N–H and O–H groups in total. The predicted molar refractivity (Wildman–Crippen MR) is 65.2 cm³/mol. The van der Waals surface area contributed by atoms with Crippen molar-refractivity contribution < 1.29 is 16.8 Å². The van der Waals surface area contributed by atoms with E-state index in [0.29, 0.717) is 0 Å². The Labute approximate surface area is 102 Å². The quantitative estimate of drug-likeness (QED) is 0.803. The Balaban J connectivity index is 2.42. The Kier molecular flexibility index (Phi) is 3.03. The molecule has 94 valence electrons. The Bertz CT molecular complexity index is 602. The molecule has 1 heterocycles. The van der Waals surface area contributed by atoms with Crippen molar-refractivity contribution in [3.8, 4) is 0 Å². The van der Waals surface area contributed by atoms with E-state index < -0.39 is 24.9 Å². The van der Waals surface area contributed by atoms with Gasteiger partial charge in [-0.3, -0.25) is 0 Å². The first-order chi connectivity index (χ1) is 7.83. The van der Waals surface area contributed by atoms with Crippen LogP contribution < -0.4 is 0 Å². The van der Waals surface area contributed by atoms with E-state index in [0.717, 1.165) is 0 Å². The van der Waals surface area contributed by atoms with Crippen molar-refractivity contribution in [3.63, 3.8) is 0 Å². The van der Waals surface area contributed by atoms with E-state index in [1.807, 2.05) is 0 Å². The first kappa shape index (κ1) is 12.6. The van der Waals surface area contributed by atoms with E-state index in [9.17, 15) is 16.8 Å². The topological polar surface area (TPSA) is 68.3 Å². The zero-order valence-electron chi connectivity index (χ0n) is 9.41. The Morgan fingerprint density at radius 2 is 1.71 bits per heavy atom. The molecule has 1 aliphatic heterocycles. The van der Waals surface area contributed by atoms with Crippen LogP contribution in [0, 0.1) is 5.92 Å². The third kappa shape index (κ3) is 2.37. The summed E-state index contributed by atoms with van der Waals surface area (Å²) in [5.74, 6) is -0.639. The molecule has 6 heteroatoms. The molecular weight excluding hydrogens is 260 g/mol. The van der Waals surface area contributed by atoms with Gasteiger partial charge in [0, 0.05) is 0 Å². The summed E-state index contributed by atoms with van der Waals surface area (Å²) in [6.45, 7) is 1.68. The van der Waals surface area contributed by atoms with Gasteiger partial charge in [0.05, 0.1) is 21.7 Å². The highest BCUT2D eigenvalue weighted by molar-refractivity contribution is 7.96. The first-order valence-corrected chi connectivity index (χ1v) is 8.69. The second kappa shape index (κ2) is 4.10. The summed E-state index contributed by atoms with van der Waals surface area (Å²) in [4.78, 5) is 0.203. The molecule has 4 nitrogen and oxygen atoms in total. The fourth-order valence-electron chi connectivity index (χ4n) is 2.17. The lowest BCUT2D eigenvalue weighted by molar-refractivity contribution is 0.559. The largest absolute Gasteiger partial charge is 0.229 e. The second-order valence-corrected chi connectivity index (χ2v) is 8.77. The van der Waals surface area contributed by atoms with Gasteiger partial charge in [-0.1, -0.05) is 25.1 Å². The zero-order chi connectivity index (χ0) is 12.7. The van der Waals surface area contributed by atoms with Crippen LogP contribution in [0.2, 0.25) is 0 Å². The lowest BCUT2D eigenvalue weighted by Crippen LogP contribution is -2.27. The predicted octanol–water partition coefficient (Wildman–Crippen LogP) is 0.893. The summed E-state index contributed by atoms with van der Waals surface area (Å²) < 4.78 is 47.5. The molecule has 0 spiro atoms. The highest BCUT2D eigenvalue weighted by Gasteiger charge is 2.43. The maximum Gasteiger partial charge on any atom is 0.182 e. The van der Waals surface area contributed by atoms with Gasteiger partial charge in [0.25, 0.3) is 0 Å². The molecule has 1 aliphatic rings. The Hall–Kier alpha value is -0.880. The van der Waals surface area contributed by atoms with E-state index in [1.165, 1.54) is 12.1 Å². The van der Waals surface area contributed by atoms with Crippen molar-refractivity contribution in [1.29, 1.82) is 0 Å². The molecule has 0 aromatic heterocycles. The van der Waals surface area contributed by atoms with Crippen molar-refractivity contribution in [1.82, 2.24) is 0 Å². The lowest BCUT2D eigenvalue weighted by Gasteiger charge is -2.14. The molecule has 17 heavy (non-hydrogen) atoms. The van der Waals surface area contributed by atoms with Gasteiger partial charge in [-0.05, 0) is 18.1 Å². The van der Waals surface area contributed by atoms with Crippen molar-refractivity contribution >= 4 is 19.7 Å². The van der Waals surface area contributed by atoms with Gasteiger partial charge in [-0.15, -0.1) is 0 Å². The second-order valence-electron chi connectivity index (χ2n) is 4.45. The van der Waals surface area contributed by atoms with E-state index in [-0.39, 0.29) is 22.3 Å². The minimum Gasteiger partial charge on any atom is -0.229 e. The Morgan fingerprint density at radius 3 is 2.18 bits per heavy atom. The van der Waals surface area contributed by atoms with Crippen LogP contribution in [-0.2, 0) is 19.7 Å². The maximum atomic E-state index is 12.3. The van der Waals surface area contributed by atoms with Gasteiger partial charge >= 0.3 is 0 Å². The van der Waals surface area contributed by atoms with Crippen LogP contribution in [0.25, 0.3) is 0 Å². The molecule has 0 radical (unpaired) electrons. The molecule has 1 aromatic carbocycles. The van der Waals surface area contributed by atoms with Gasteiger partial charge in [0.2, 0.25) is 0 Å². The molecule has 1 fully saturated rings. The van der Waals surface area contributed by atoms with Gasteiger partial charge in [0.15, 0.2) is 19.7 Å². The highest BCUT2D eigenvalue weighted by Crippen LogP contribution is 2.29. The van der Waals surface area contributed by atoms with Gasteiger partial charge in [-0.2, -0.15) is 0 Å². The highest BCUT2D eigenvalue weighted by atomic mass is 32.2. The van der Waals surface area contributed by atoms with Crippen LogP contribution in [0.1, 0.15) is 6.92 Å². The molecule has 2 rings (SSSR count). The third-order valence-electron chi connectivity index (χ3n) is 3.04. The fourth-order valence-corrected chi connectivity index (χ4v) is 7.22. The SMILES string of the molecule is C[C@H]1CS(=O)(=O)C[C@@H]1S(=O)(=O)c1ccccc1. The normalized spacial score (nSPS) is 28.1. The molecule has 0 aliphatic carbocycles. The number of sulfone groups is 2. The van der Waals surface area contributed by atoms with Crippen LogP contribution in [0.3, 0.4) is 0 Å². The van der Waals surface area contributed by atoms with Crippen LogP contribution in [0.15, 0.2) is 35.2 Å². The van der Waals surface area contributed by atoms with E-state index in [1.54, 1.807) is 25.1 Å². The number of rotatable bonds is 2. The van der Waals surface area contributed by atoms with Crippen molar-refractivity contribution in [3.05, 3.63) is 30.3 Å². The summed E-state index contributed by atoms with van der Waals surface area (Å²) in [5.41, 5.74) is 0. The summed E-state index contributed by atoms with van der Waals surface area (Å²) in [7, 11) is -6.75. The molecule has 1 aromatic rings. The average molecular weight is 274 g/mol. The third-order valence-corrected chi connectivity index (χ3v) is 7.51. The van der Waals surface area contributed by atoms with Crippen molar-refractivity contribution in [2.45, 2.75) is 17.1 Å². The summed E-state index contributed by atoms with van der Waals surface area (Å²) in [5, 5.41) is -0.810. The number of benzene rings is 1. The van der Waals surface area contributed by atoms with Crippen LogP contribution in [0.5, 0.6) is 0 Å². The van der Waals surface area contributed by atoms with E-state index >= 15 is 0 Å².